The molecule has 0 aromatic heterocycles. The van der Waals surface area contributed by atoms with Crippen LogP contribution in [0.2, 0.25) is 0 Å². The Morgan fingerprint density at radius 1 is 1.06 bits per heavy atom. The number of phenols is 1. The molecule has 1 fully saturated rings. The van der Waals surface area contributed by atoms with E-state index in [-0.39, 0.29) is 11.7 Å². The number of phenolic OH excluding ortho intramolecular Hbond substituents is 1. The Kier molecular flexibility index (Phi) is 6.76. The van der Waals surface area contributed by atoms with Crippen LogP contribution in [0, 0.1) is 18.3 Å². The quantitative estimate of drug-likeness (QED) is 0.407. The maximum Gasteiger partial charge on any atom is 0.139 e. The number of likely N-dealkylation sites (tertiary alicyclic amines) is 1. The fourth-order valence-corrected chi connectivity index (χ4v) is 5.22. The first-order chi connectivity index (χ1) is 17.4. The Morgan fingerprint density at radius 3 is 2.44 bits per heavy atom. The molecule has 36 heavy (non-hydrogen) atoms. The molecule has 4 nitrogen and oxygen atoms in total. The Morgan fingerprint density at radius 2 is 1.78 bits per heavy atom. The van der Waals surface area contributed by atoms with Crippen molar-refractivity contribution in [3.63, 3.8) is 0 Å². The number of rotatable bonds is 6. The molecule has 184 valence electrons. The van der Waals surface area contributed by atoms with Crippen LogP contribution in [-0.4, -0.2) is 35.7 Å². The standard InChI is InChI=1S/C32H33NO3/c1-5-24-6-8-25(9-7-24)31-23(4)29-18-27(34)12-15-30(29)36-32(31)26-10-13-28(14-11-26)35-20-22(3)33-17-16-21(2)19-33/h1,6-15,18,21-23,34H,16-17,19-20H2,2-4H3/t21-,22+,23?/m1/s1. The Bertz CT molecular complexity index is 1300. The topological polar surface area (TPSA) is 41.9 Å². The summed E-state index contributed by atoms with van der Waals surface area (Å²) < 4.78 is 12.6. The zero-order valence-electron chi connectivity index (χ0n) is 21.2. The molecule has 0 bridgehead atoms. The number of allylic oxidation sites excluding steroid dienone is 1. The van der Waals surface area contributed by atoms with Crippen molar-refractivity contribution in [3.8, 4) is 29.6 Å². The molecule has 0 radical (unpaired) electrons. The molecule has 2 aliphatic rings. The maximum absolute atomic E-state index is 10.1. The van der Waals surface area contributed by atoms with E-state index in [2.05, 4.69) is 43.7 Å². The molecule has 0 saturated carbocycles. The van der Waals surface area contributed by atoms with Crippen molar-refractivity contribution in [3.05, 3.63) is 89.0 Å². The van der Waals surface area contributed by atoms with Crippen LogP contribution in [0.25, 0.3) is 11.3 Å². The van der Waals surface area contributed by atoms with Gasteiger partial charge in [0.05, 0.1) is 0 Å². The molecule has 1 saturated heterocycles. The number of benzene rings is 3. The van der Waals surface area contributed by atoms with Gasteiger partial charge in [0.25, 0.3) is 0 Å². The number of terminal acetylenes is 1. The summed E-state index contributed by atoms with van der Waals surface area (Å²) in [7, 11) is 0. The van der Waals surface area contributed by atoms with Crippen LogP contribution in [0.5, 0.6) is 17.2 Å². The first kappa shape index (κ1) is 24.0. The summed E-state index contributed by atoms with van der Waals surface area (Å²) in [5.74, 6) is 6.12. The molecule has 0 amide bonds. The average molecular weight is 480 g/mol. The van der Waals surface area contributed by atoms with Gasteiger partial charge in [-0.3, -0.25) is 4.90 Å². The van der Waals surface area contributed by atoms with Gasteiger partial charge in [0.2, 0.25) is 0 Å². The highest BCUT2D eigenvalue weighted by Gasteiger charge is 2.29. The van der Waals surface area contributed by atoms with Gasteiger partial charge in [0, 0.05) is 40.8 Å². The summed E-state index contributed by atoms with van der Waals surface area (Å²) in [5, 5.41) is 10.1. The summed E-state index contributed by atoms with van der Waals surface area (Å²) in [6.45, 7) is 9.67. The molecule has 2 heterocycles. The van der Waals surface area contributed by atoms with Crippen LogP contribution < -0.4 is 9.47 Å². The van der Waals surface area contributed by atoms with Gasteiger partial charge in [-0.2, -0.15) is 0 Å². The highest BCUT2D eigenvalue weighted by atomic mass is 16.5. The van der Waals surface area contributed by atoms with Crippen molar-refractivity contribution >= 4 is 11.3 Å². The fraction of sp³-hybridized carbons (Fsp3) is 0.312. The third kappa shape index (κ3) is 4.85. The van der Waals surface area contributed by atoms with Crippen LogP contribution in [0.3, 0.4) is 0 Å². The minimum Gasteiger partial charge on any atom is -0.508 e. The largest absolute Gasteiger partial charge is 0.508 e. The van der Waals surface area contributed by atoms with E-state index in [1.54, 1.807) is 12.1 Å². The van der Waals surface area contributed by atoms with Gasteiger partial charge < -0.3 is 14.6 Å². The van der Waals surface area contributed by atoms with E-state index in [0.717, 1.165) is 64.1 Å². The highest BCUT2D eigenvalue weighted by Crippen LogP contribution is 2.47. The smallest absolute Gasteiger partial charge is 0.139 e. The van der Waals surface area contributed by atoms with E-state index in [9.17, 15) is 5.11 Å². The van der Waals surface area contributed by atoms with E-state index in [4.69, 9.17) is 15.9 Å². The molecular formula is C32H33NO3. The summed E-state index contributed by atoms with van der Waals surface area (Å²) in [4.78, 5) is 2.51. The van der Waals surface area contributed by atoms with Crippen LogP contribution in [0.4, 0.5) is 0 Å². The van der Waals surface area contributed by atoms with Crippen molar-refractivity contribution < 1.29 is 14.6 Å². The van der Waals surface area contributed by atoms with Crippen LogP contribution in [-0.2, 0) is 0 Å². The van der Waals surface area contributed by atoms with Crippen molar-refractivity contribution in [2.24, 2.45) is 5.92 Å². The zero-order chi connectivity index (χ0) is 25.2. The molecule has 2 aliphatic heterocycles. The van der Waals surface area contributed by atoms with Crippen LogP contribution in [0.15, 0.2) is 66.7 Å². The van der Waals surface area contributed by atoms with Crippen molar-refractivity contribution in [2.45, 2.75) is 39.2 Å². The maximum atomic E-state index is 10.1. The predicted molar refractivity (Wildman–Crippen MR) is 145 cm³/mol. The second kappa shape index (κ2) is 10.1. The number of nitrogens with zero attached hydrogens (tertiary/aromatic N) is 1. The van der Waals surface area contributed by atoms with E-state index < -0.39 is 0 Å². The second-order valence-corrected chi connectivity index (χ2v) is 10.1. The lowest BCUT2D eigenvalue weighted by atomic mass is 9.83. The fourth-order valence-electron chi connectivity index (χ4n) is 5.22. The first-order valence-corrected chi connectivity index (χ1v) is 12.7. The van der Waals surface area contributed by atoms with Gasteiger partial charge in [0.1, 0.15) is 29.6 Å². The van der Waals surface area contributed by atoms with E-state index in [1.165, 1.54) is 6.42 Å². The molecule has 3 aromatic rings. The van der Waals surface area contributed by atoms with E-state index in [0.29, 0.717) is 12.6 Å². The van der Waals surface area contributed by atoms with Gasteiger partial charge in [-0.1, -0.05) is 31.9 Å². The number of fused-ring (bicyclic) bond motifs is 1. The first-order valence-electron chi connectivity index (χ1n) is 12.7. The van der Waals surface area contributed by atoms with Crippen LogP contribution >= 0.6 is 0 Å². The SMILES string of the molecule is C#Cc1ccc(C2=C(c3ccc(OC[C@H](C)N4CC[C@@H](C)C4)cc3)Oc3ccc(O)cc3C2C)cc1. The normalized spacial score (nSPS) is 20.4. The van der Waals surface area contributed by atoms with E-state index >= 15 is 0 Å². The van der Waals surface area contributed by atoms with Gasteiger partial charge >= 0.3 is 0 Å². The summed E-state index contributed by atoms with van der Waals surface area (Å²) >= 11 is 0. The average Bonchev–Trinajstić information content (AvgIpc) is 3.34. The minimum absolute atomic E-state index is 0.0205. The third-order valence-corrected chi connectivity index (χ3v) is 7.40. The molecule has 4 heteroatoms. The minimum atomic E-state index is 0.0205. The predicted octanol–water partition coefficient (Wildman–Crippen LogP) is 6.55. The van der Waals surface area contributed by atoms with Gasteiger partial charge in [-0.25, -0.2) is 0 Å². The lowest BCUT2D eigenvalue weighted by molar-refractivity contribution is 0.169. The highest BCUT2D eigenvalue weighted by molar-refractivity contribution is 5.93. The zero-order valence-corrected chi connectivity index (χ0v) is 21.2. The van der Waals surface area contributed by atoms with Gasteiger partial charge in [-0.15, -0.1) is 6.42 Å². The molecule has 5 rings (SSSR count). The van der Waals surface area contributed by atoms with Crippen molar-refractivity contribution in [1.82, 2.24) is 4.90 Å². The van der Waals surface area contributed by atoms with Crippen molar-refractivity contribution in [2.75, 3.05) is 19.7 Å². The number of hydrogen-bond donors (Lipinski definition) is 1. The van der Waals surface area contributed by atoms with Crippen molar-refractivity contribution in [1.29, 1.82) is 0 Å². The summed E-state index contributed by atoms with van der Waals surface area (Å²) in [6, 6.07) is 21.8. The monoisotopic (exact) mass is 479 g/mol. The second-order valence-electron chi connectivity index (χ2n) is 10.1. The number of aromatic hydroxyl groups is 1. The molecule has 0 aliphatic carbocycles. The molecule has 1 unspecified atom stereocenters. The lowest BCUT2D eigenvalue weighted by Gasteiger charge is -2.29. The Hall–Kier alpha value is -3.68. The van der Waals surface area contributed by atoms with E-state index in [1.807, 2.05) is 42.5 Å². The molecule has 0 spiro atoms. The lowest BCUT2D eigenvalue weighted by Crippen LogP contribution is -2.35. The summed E-state index contributed by atoms with van der Waals surface area (Å²) in [6.07, 6.45) is 6.84. The molecule has 3 atom stereocenters. The molecule has 1 N–H and O–H groups in total. The molecular weight excluding hydrogens is 446 g/mol. The summed E-state index contributed by atoms with van der Waals surface area (Å²) in [5.41, 5.74) is 4.87. The number of ether oxygens (including phenoxy) is 2. The Balaban J connectivity index is 1.43. The third-order valence-electron chi connectivity index (χ3n) is 7.40. The Labute approximate surface area is 214 Å². The number of hydrogen-bond acceptors (Lipinski definition) is 4. The van der Waals surface area contributed by atoms with Gasteiger partial charge in [-0.05, 0) is 86.0 Å². The van der Waals surface area contributed by atoms with Gasteiger partial charge in [0.15, 0.2) is 0 Å². The van der Waals surface area contributed by atoms with Crippen LogP contribution in [0.1, 0.15) is 55.4 Å². The molecule has 3 aromatic carbocycles.